The first-order valence-corrected chi connectivity index (χ1v) is 15.7. The second-order valence-corrected chi connectivity index (χ2v) is 11.9. The maximum absolute atomic E-state index is 13.8. The first-order valence-electron chi connectivity index (χ1n) is 15.7. The number of aromatic nitrogens is 1. The number of hydrogen-bond acceptors (Lipinski definition) is 6. The maximum atomic E-state index is 13.8. The number of morpholine rings is 1. The van der Waals surface area contributed by atoms with Gasteiger partial charge in [-0.25, -0.2) is 0 Å². The topological polar surface area (TPSA) is 97.9 Å². The van der Waals surface area contributed by atoms with Crippen LogP contribution in [0.1, 0.15) is 62.6 Å². The number of hydrogen-bond donors (Lipinski definition) is 3. The van der Waals surface area contributed by atoms with E-state index in [4.69, 9.17) is 4.74 Å². The van der Waals surface area contributed by atoms with Crippen LogP contribution in [0.25, 0.3) is 11.1 Å². The summed E-state index contributed by atoms with van der Waals surface area (Å²) >= 11 is 0. The highest BCUT2D eigenvalue weighted by atomic mass is 16.5. The fourth-order valence-corrected chi connectivity index (χ4v) is 5.98. The van der Waals surface area contributed by atoms with Crippen molar-refractivity contribution >= 4 is 11.6 Å². The van der Waals surface area contributed by atoms with Gasteiger partial charge in [0.05, 0.1) is 13.2 Å². The van der Waals surface area contributed by atoms with Gasteiger partial charge in [-0.2, -0.15) is 0 Å². The molecule has 2 heterocycles. The Bertz CT molecular complexity index is 1690. The Kier molecular flexibility index (Phi) is 10.2. The van der Waals surface area contributed by atoms with Crippen molar-refractivity contribution in [3.05, 3.63) is 122 Å². The summed E-state index contributed by atoms with van der Waals surface area (Å²) < 4.78 is 5.49. The van der Waals surface area contributed by atoms with Crippen LogP contribution < -0.4 is 15.8 Å². The number of ether oxygens (including phenoxy) is 1. The smallest absolute Gasteiger partial charge is 0.253 e. The molecule has 236 valence electrons. The van der Waals surface area contributed by atoms with Gasteiger partial charge in [0.1, 0.15) is 0 Å². The third-order valence-corrected chi connectivity index (χ3v) is 8.66. The number of pyridine rings is 1. The Morgan fingerprint density at radius 3 is 2.31 bits per heavy atom. The van der Waals surface area contributed by atoms with Crippen molar-refractivity contribution < 1.29 is 14.6 Å². The molecular formula is C37H44N4O4. The number of nitrogens with zero attached hydrogens (tertiary/aromatic N) is 2. The van der Waals surface area contributed by atoms with Crippen LogP contribution in [0.3, 0.4) is 0 Å². The van der Waals surface area contributed by atoms with Crippen LogP contribution >= 0.6 is 0 Å². The van der Waals surface area contributed by atoms with Gasteiger partial charge in [-0.05, 0) is 80.6 Å². The number of aliphatic hydroxyl groups excluding tert-OH is 1. The Balaban J connectivity index is 1.50. The number of benzene rings is 3. The van der Waals surface area contributed by atoms with Gasteiger partial charge in [-0.3, -0.25) is 14.5 Å². The molecule has 1 fully saturated rings. The van der Waals surface area contributed by atoms with E-state index >= 15 is 0 Å². The quantitative estimate of drug-likeness (QED) is 0.204. The van der Waals surface area contributed by atoms with Crippen LogP contribution in [0.5, 0.6) is 0 Å². The zero-order chi connectivity index (χ0) is 32.1. The van der Waals surface area contributed by atoms with Gasteiger partial charge in [0.15, 0.2) is 6.23 Å². The highest BCUT2D eigenvalue weighted by Gasteiger charge is 2.23. The summed E-state index contributed by atoms with van der Waals surface area (Å²) in [6.45, 7) is 14.5. The highest BCUT2D eigenvalue weighted by Crippen LogP contribution is 2.35. The molecule has 8 heteroatoms. The lowest BCUT2D eigenvalue weighted by molar-refractivity contribution is 0.0342. The van der Waals surface area contributed by atoms with E-state index in [2.05, 4.69) is 45.5 Å². The van der Waals surface area contributed by atoms with Crippen molar-refractivity contribution in [2.24, 2.45) is 0 Å². The molecule has 0 spiro atoms. The van der Waals surface area contributed by atoms with E-state index in [0.717, 1.165) is 77.6 Å². The predicted molar refractivity (Wildman–Crippen MR) is 180 cm³/mol. The molecule has 45 heavy (non-hydrogen) atoms. The minimum Gasteiger partial charge on any atom is -0.379 e. The fraction of sp³-hybridized carbons (Fsp3) is 0.351. The van der Waals surface area contributed by atoms with Gasteiger partial charge in [0.2, 0.25) is 0 Å². The molecule has 1 unspecified atom stereocenters. The monoisotopic (exact) mass is 608 g/mol. The number of aryl methyl sites for hydroxylation is 3. The zero-order valence-electron chi connectivity index (χ0n) is 26.9. The molecule has 4 aromatic rings. The lowest BCUT2D eigenvalue weighted by atomic mass is 9.95. The number of amides is 1. The highest BCUT2D eigenvalue weighted by molar-refractivity contribution is 5.99. The van der Waals surface area contributed by atoms with Crippen molar-refractivity contribution in [3.8, 4) is 11.1 Å². The molecular weight excluding hydrogens is 564 g/mol. The molecule has 1 aliphatic heterocycles. The molecule has 0 saturated carbocycles. The van der Waals surface area contributed by atoms with Crippen LogP contribution in [0.2, 0.25) is 0 Å². The number of anilines is 1. The summed E-state index contributed by atoms with van der Waals surface area (Å²) in [4.78, 5) is 33.6. The first-order chi connectivity index (χ1) is 21.6. The molecule has 5 rings (SSSR count). The number of aliphatic hydroxyl groups is 1. The lowest BCUT2D eigenvalue weighted by Crippen LogP contribution is -2.35. The van der Waals surface area contributed by atoms with Gasteiger partial charge in [-0.15, -0.1) is 0 Å². The molecule has 3 aromatic carbocycles. The summed E-state index contributed by atoms with van der Waals surface area (Å²) in [5.74, 6) is -0.278. The number of rotatable bonds is 10. The standard InChI is InChI=1S/C37H44N4O4/c1-6-41(37(44)30-11-7-24(2)8-12-30)34-21-31(29-13-9-28(10-14-29)23-40-15-17-45-18-16-40)20-32(27(34)5)35(42)38-22-33-25(3)19-26(4)39-36(33)43/h7-14,19-21,37,44H,6,15-18,22-23H2,1-5H3,(H,38,42)(H,39,43). The van der Waals surface area contributed by atoms with E-state index in [1.165, 1.54) is 5.56 Å². The Morgan fingerprint density at radius 1 is 0.978 bits per heavy atom. The van der Waals surface area contributed by atoms with E-state index in [1.54, 1.807) is 0 Å². The molecule has 1 atom stereocenters. The third kappa shape index (κ3) is 7.53. The van der Waals surface area contributed by atoms with Gasteiger partial charge in [0.25, 0.3) is 11.5 Å². The molecule has 1 aromatic heterocycles. The summed E-state index contributed by atoms with van der Waals surface area (Å²) in [5.41, 5.74) is 8.93. The average Bonchev–Trinajstić information content (AvgIpc) is 3.02. The van der Waals surface area contributed by atoms with E-state index in [9.17, 15) is 14.7 Å². The summed E-state index contributed by atoms with van der Waals surface area (Å²) in [6, 6.07) is 22.2. The minimum atomic E-state index is -0.898. The second kappa shape index (κ2) is 14.2. The third-order valence-electron chi connectivity index (χ3n) is 8.66. The summed E-state index contributed by atoms with van der Waals surface area (Å²) in [5, 5.41) is 14.5. The van der Waals surface area contributed by atoms with E-state index in [0.29, 0.717) is 17.7 Å². The number of aromatic amines is 1. The van der Waals surface area contributed by atoms with Crippen LogP contribution in [-0.2, 0) is 17.8 Å². The molecule has 1 saturated heterocycles. The molecule has 1 amide bonds. The molecule has 0 bridgehead atoms. The second-order valence-electron chi connectivity index (χ2n) is 11.9. The van der Waals surface area contributed by atoms with Gasteiger partial charge >= 0.3 is 0 Å². The minimum absolute atomic E-state index is 0.110. The normalized spacial score (nSPS) is 14.3. The number of carbonyl (C=O) groups excluding carboxylic acids is 1. The zero-order valence-corrected chi connectivity index (χ0v) is 26.9. The number of H-pyrrole nitrogens is 1. The van der Waals surface area contributed by atoms with Crippen molar-refractivity contribution in [1.82, 2.24) is 15.2 Å². The van der Waals surface area contributed by atoms with Crippen molar-refractivity contribution in [3.63, 3.8) is 0 Å². The molecule has 8 nitrogen and oxygen atoms in total. The van der Waals surface area contributed by atoms with Crippen LogP contribution in [0.15, 0.2) is 71.5 Å². The summed E-state index contributed by atoms with van der Waals surface area (Å²) in [7, 11) is 0. The van der Waals surface area contributed by atoms with E-state index < -0.39 is 6.23 Å². The van der Waals surface area contributed by atoms with Crippen LogP contribution in [0.4, 0.5) is 5.69 Å². The van der Waals surface area contributed by atoms with Crippen molar-refractivity contribution in [2.75, 3.05) is 37.7 Å². The maximum Gasteiger partial charge on any atom is 0.253 e. The van der Waals surface area contributed by atoms with Crippen molar-refractivity contribution in [1.29, 1.82) is 0 Å². The molecule has 1 aliphatic rings. The number of nitrogens with one attached hydrogen (secondary N) is 2. The van der Waals surface area contributed by atoms with Gasteiger partial charge < -0.3 is 25.0 Å². The number of carbonyl (C=O) groups is 1. The Morgan fingerprint density at radius 2 is 1.67 bits per heavy atom. The SMILES string of the molecule is CCN(c1cc(-c2ccc(CN3CCOCC3)cc2)cc(C(=O)NCc2c(C)cc(C)[nH]c2=O)c1C)C(O)c1ccc(C)cc1. The first kappa shape index (κ1) is 32.2. The van der Waals surface area contributed by atoms with E-state index in [-0.39, 0.29) is 18.0 Å². The molecule has 0 aliphatic carbocycles. The molecule has 3 N–H and O–H groups in total. The van der Waals surface area contributed by atoms with Gasteiger partial charge in [0, 0.05) is 60.8 Å². The average molecular weight is 609 g/mol. The molecule has 0 radical (unpaired) electrons. The lowest BCUT2D eigenvalue weighted by Gasteiger charge is -2.32. The van der Waals surface area contributed by atoms with E-state index in [1.807, 2.05) is 75.9 Å². The Hall–Kier alpha value is -4.24. The fourth-order valence-electron chi connectivity index (χ4n) is 5.98. The Labute approximate surface area is 265 Å². The van der Waals surface area contributed by atoms with Crippen LogP contribution in [-0.4, -0.2) is 53.7 Å². The summed E-state index contributed by atoms with van der Waals surface area (Å²) in [6.07, 6.45) is -0.898. The van der Waals surface area contributed by atoms with Crippen molar-refractivity contribution in [2.45, 2.75) is 53.9 Å². The largest absolute Gasteiger partial charge is 0.379 e. The van der Waals surface area contributed by atoms with Crippen LogP contribution in [0, 0.1) is 27.7 Å². The predicted octanol–water partition coefficient (Wildman–Crippen LogP) is 5.56. The van der Waals surface area contributed by atoms with Gasteiger partial charge in [-0.1, -0.05) is 54.1 Å².